The largest absolute Gasteiger partial charge is 0.322 e. The number of halogens is 1. The van der Waals surface area contributed by atoms with E-state index in [-0.39, 0.29) is 41.8 Å². The molecule has 1 N–H and O–H groups in total. The van der Waals surface area contributed by atoms with E-state index in [1.165, 1.54) is 4.90 Å². The molecule has 1 saturated heterocycles. The Morgan fingerprint density at radius 3 is 2.52 bits per heavy atom. The number of hydrogen-bond acceptors (Lipinski definition) is 5. The number of unbranched alkanes of at least 4 members (excludes halogenated alkanes) is 4. The first-order valence-corrected chi connectivity index (χ1v) is 13.1. The number of nitrogens with one attached hydrogen (secondary N) is 1. The second-order valence-corrected chi connectivity index (χ2v) is 10.6. The average Bonchev–Trinajstić information content (AvgIpc) is 3.01. The Labute approximate surface area is 184 Å². The Kier molecular flexibility index (Phi) is 7.31. The molecule has 2 aliphatic rings. The van der Waals surface area contributed by atoms with Crippen molar-refractivity contribution in [1.29, 1.82) is 0 Å². The molecule has 3 rings (SSSR count). The van der Waals surface area contributed by atoms with Crippen molar-refractivity contribution < 1.29 is 22.8 Å². The lowest BCUT2D eigenvalue weighted by atomic mass is 10.0. The summed E-state index contributed by atoms with van der Waals surface area (Å²) in [6.07, 6.45) is 5.16. The molecule has 1 fully saturated rings. The van der Waals surface area contributed by atoms with Gasteiger partial charge in [0.2, 0.25) is 11.8 Å². The molecule has 0 bridgehead atoms. The topological polar surface area (TPSA) is 101 Å². The quantitative estimate of drug-likeness (QED) is 0.228. The number of fused-ring (bicyclic) bond motifs is 1. The Morgan fingerprint density at radius 2 is 1.79 bits per heavy atom. The highest BCUT2D eigenvalue weighted by Gasteiger charge is 2.40. The molecule has 2 heterocycles. The van der Waals surface area contributed by atoms with Gasteiger partial charge in [-0.05, 0) is 35.8 Å². The zero-order chi connectivity index (χ0) is 21.0. The van der Waals surface area contributed by atoms with Gasteiger partial charge in [-0.25, -0.2) is 8.42 Å². The smallest absolute Gasteiger partial charge is 0.255 e. The van der Waals surface area contributed by atoms with Crippen molar-refractivity contribution in [3.8, 4) is 0 Å². The molecule has 2 aliphatic heterocycles. The summed E-state index contributed by atoms with van der Waals surface area (Å²) in [7, 11) is -3.51. The van der Waals surface area contributed by atoms with Crippen LogP contribution in [0, 0.1) is 0 Å². The van der Waals surface area contributed by atoms with E-state index in [0.29, 0.717) is 17.5 Å². The highest BCUT2D eigenvalue weighted by atomic mass is 127. The van der Waals surface area contributed by atoms with Gasteiger partial charge in [-0.1, -0.05) is 47.9 Å². The van der Waals surface area contributed by atoms with Crippen LogP contribution in [0.25, 0.3) is 0 Å². The molecule has 158 valence electrons. The summed E-state index contributed by atoms with van der Waals surface area (Å²) >= 11 is 2.34. The third-order valence-electron chi connectivity index (χ3n) is 5.42. The fraction of sp³-hybridized carbons (Fsp3) is 0.550. The van der Waals surface area contributed by atoms with Crippen LogP contribution in [-0.4, -0.2) is 47.3 Å². The molecule has 7 nitrogen and oxygen atoms in total. The fourth-order valence-electron chi connectivity index (χ4n) is 3.88. The number of imide groups is 1. The van der Waals surface area contributed by atoms with Crippen molar-refractivity contribution in [2.24, 2.45) is 0 Å². The van der Waals surface area contributed by atoms with Crippen molar-refractivity contribution in [3.05, 3.63) is 29.3 Å². The maximum Gasteiger partial charge on any atom is 0.255 e. The Bertz CT molecular complexity index is 915. The number of hydrogen-bond donors (Lipinski definition) is 1. The lowest BCUT2D eigenvalue weighted by molar-refractivity contribution is -0.136. The minimum absolute atomic E-state index is 0.0558. The van der Waals surface area contributed by atoms with E-state index in [4.69, 9.17) is 0 Å². The van der Waals surface area contributed by atoms with Gasteiger partial charge in [0.15, 0.2) is 9.84 Å². The number of sulfone groups is 1. The average molecular weight is 532 g/mol. The molecule has 29 heavy (non-hydrogen) atoms. The molecular weight excluding hydrogens is 507 g/mol. The molecule has 0 radical (unpaired) electrons. The molecule has 1 atom stereocenters. The Morgan fingerprint density at radius 1 is 1.07 bits per heavy atom. The van der Waals surface area contributed by atoms with Crippen LogP contribution in [0.4, 0.5) is 0 Å². The highest BCUT2D eigenvalue weighted by Crippen LogP contribution is 2.32. The van der Waals surface area contributed by atoms with Gasteiger partial charge in [0.1, 0.15) is 6.04 Å². The van der Waals surface area contributed by atoms with Crippen LogP contribution in [0.3, 0.4) is 0 Å². The predicted octanol–water partition coefficient (Wildman–Crippen LogP) is 2.61. The Hall–Kier alpha value is -1.49. The van der Waals surface area contributed by atoms with Gasteiger partial charge in [-0.15, -0.1) is 0 Å². The van der Waals surface area contributed by atoms with E-state index in [2.05, 4.69) is 27.9 Å². The molecule has 3 amide bonds. The van der Waals surface area contributed by atoms with Crippen LogP contribution >= 0.6 is 22.6 Å². The second-order valence-electron chi connectivity index (χ2n) is 7.46. The summed E-state index contributed by atoms with van der Waals surface area (Å²) in [5.74, 6) is -1.15. The van der Waals surface area contributed by atoms with Crippen LogP contribution < -0.4 is 5.32 Å². The molecule has 0 saturated carbocycles. The van der Waals surface area contributed by atoms with Crippen LogP contribution in [0.1, 0.15) is 60.9 Å². The van der Waals surface area contributed by atoms with Crippen molar-refractivity contribution >= 4 is 50.1 Å². The van der Waals surface area contributed by atoms with Gasteiger partial charge in [0.25, 0.3) is 5.91 Å². The summed E-state index contributed by atoms with van der Waals surface area (Å²) in [6, 6.07) is 3.98. The summed E-state index contributed by atoms with van der Waals surface area (Å²) in [5, 5.41) is 2.26. The first-order chi connectivity index (χ1) is 13.8. The van der Waals surface area contributed by atoms with E-state index < -0.39 is 21.8 Å². The third-order valence-corrected chi connectivity index (χ3v) is 8.06. The van der Waals surface area contributed by atoms with Gasteiger partial charge in [-0.2, -0.15) is 0 Å². The standard InChI is InChI=1S/C20H25IN2O5S/c21-11-4-2-1-3-5-12-29(27,28)17-8-6-7-14-15(17)13-23(20(14)26)16-9-10-18(24)22-19(16)25/h6-8,16H,1-5,9-13H2,(H,22,24,25). The van der Waals surface area contributed by atoms with E-state index >= 15 is 0 Å². The molecule has 1 aromatic carbocycles. The summed E-state index contributed by atoms with van der Waals surface area (Å²) in [5.41, 5.74) is 0.796. The van der Waals surface area contributed by atoms with E-state index in [0.717, 1.165) is 30.1 Å². The van der Waals surface area contributed by atoms with Gasteiger partial charge < -0.3 is 4.90 Å². The van der Waals surface area contributed by atoms with Gasteiger partial charge >= 0.3 is 0 Å². The third kappa shape index (κ3) is 4.99. The van der Waals surface area contributed by atoms with Gasteiger partial charge in [0, 0.05) is 24.1 Å². The zero-order valence-electron chi connectivity index (χ0n) is 16.2. The van der Waals surface area contributed by atoms with Gasteiger partial charge in [0.05, 0.1) is 10.6 Å². The lowest BCUT2D eigenvalue weighted by Gasteiger charge is -2.29. The zero-order valence-corrected chi connectivity index (χ0v) is 19.1. The molecule has 0 spiro atoms. The minimum Gasteiger partial charge on any atom is -0.322 e. The second kappa shape index (κ2) is 9.55. The van der Waals surface area contributed by atoms with Crippen LogP contribution in [-0.2, 0) is 26.0 Å². The first-order valence-electron chi connectivity index (χ1n) is 9.90. The Balaban J connectivity index is 1.73. The van der Waals surface area contributed by atoms with E-state index in [9.17, 15) is 22.8 Å². The highest BCUT2D eigenvalue weighted by molar-refractivity contribution is 14.1. The molecule has 1 unspecified atom stereocenters. The summed E-state index contributed by atoms with van der Waals surface area (Å²) in [4.78, 5) is 38.0. The van der Waals surface area contributed by atoms with Crippen molar-refractivity contribution in [2.75, 3.05) is 10.2 Å². The number of amides is 3. The van der Waals surface area contributed by atoms with Crippen molar-refractivity contribution in [2.45, 2.75) is 62.4 Å². The monoisotopic (exact) mass is 532 g/mol. The number of nitrogens with zero attached hydrogens (tertiary/aromatic N) is 1. The fourth-order valence-corrected chi connectivity index (χ4v) is 6.05. The number of carbonyl (C=O) groups excluding carboxylic acids is 3. The minimum atomic E-state index is -3.51. The van der Waals surface area contributed by atoms with Crippen LogP contribution in [0.15, 0.2) is 23.1 Å². The normalized spacial score (nSPS) is 19.4. The maximum atomic E-state index is 12.9. The molecular formula is C20H25IN2O5S. The maximum absolute atomic E-state index is 12.9. The summed E-state index contributed by atoms with van der Waals surface area (Å²) in [6.45, 7) is 0.0749. The number of carbonyl (C=O) groups is 3. The molecule has 9 heteroatoms. The number of piperidine rings is 1. The summed E-state index contributed by atoms with van der Waals surface area (Å²) < 4.78 is 27.0. The SMILES string of the molecule is O=C1CCC(N2Cc3c(cccc3S(=O)(=O)CCCCCCCI)C2=O)C(=O)N1. The van der Waals surface area contributed by atoms with Crippen molar-refractivity contribution in [3.63, 3.8) is 0 Å². The lowest BCUT2D eigenvalue weighted by Crippen LogP contribution is -2.52. The van der Waals surface area contributed by atoms with Crippen LogP contribution in [0.5, 0.6) is 0 Å². The van der Waals surface area contributed by atoms with Crippen molar-refractivity contribution in [1.82, 2.24) is 10.2 Å². The number of rotatable bonds is 9. The van der Waals surface area contributed by atoms with E-state index in [1.807, 2.05) is 0 Å². The number of alkyl halides is 1. The number of benzene rings is 1. The molecule has 0 aromatic heterocycles. The first kappa shape index (κ1) is 22.2. The van der Waals surface area contributed by atoms with Gasteiger partial charge in [-0.3, -0.25) is 19.7 Å². The predicted molar refractivity (Wildman–Crippen MR) is 117 cm³/mol. The molecule has 1 aromatic rings. The van der Waals surface area contributed by atoms with E-state index in [1.54, 1.807) is 18.2 Å². The van der Waals surface area contributed by atoms with Crippen LogP contribution in [0.2, 0.25) is 0 Å². The molecule has 0 aliphatic carbocycles.